The Bertz CT molecular complexity index is 1690. The summed E-state index contributed by atoms with van der Waals surface area (Å²) in [6.45, 7) is 9.10. The summed E-state index contributed by atoms with van der Waals surface area (Å²) in [6.07, 6.45) is 57.8. The molecule has 0 amide bonds. The molecule has 0 aliphatic carbocycles. The third-order valence-corrected chi connectivity index (χ3v) is 14.3. The maximum atomic E-state index is 12.2. The number of unbranched alkanes of at least 4 members (excludes halogenated alkanes) is 34. The van der Waals surface area contributed by atoms with Crippen LogP contribution in [0.1, 0.15) is 294 Å². The van der Waals surface area contributed by atoms with Crippen LogP contribution in [0, 0.1) is 11.8 Å². The fourth-order valence-electron chi connectivity index (χ4n) is 10.1. The summed E-state index contributed by atoms with van der Waals surface area (Å²) in [6, 6.07) is 17.7. The third-order valence-electron chi connectivity index (χ3n) is 14.3. The van der Waals surface area contributed by atoms with Crippen LogP contribution in [0.2, 0.25) is 0 Å². The lowest BCUT2D eigenvalue weighted by Gasteiger charge is -2.13. The molecule has 0 saturated heterocycles. The van der Waals surface area contributed by atoms with Gasteiger partial charge in [0.1, 0.15) is 0 Å². The maximum Gasteiger partial charge on any atom is 0.215 e. The van der Waals surface area contributed by atoms with Crippen LogP contribution in [0.15, 0.2) is 71.8 Å². The number of hydrogen-bond donors (Lipinski definition) is 0. The Balaban J connectivity index is 1.52. The predicted molar refractivity (Wildman–Crippen MR) is 293 cm³/mol. The highest BCUT2D eigenvalue weighted by molar-refractivity contribution is 5.84. The first-order chi connectivity index (χ1) is 32.6. The molecule has 66 heavy (non-hydrogen) atoms. The van der Waals surface area contributed by atoms with Gasteiger partial charge in [0.15, 0.2) is 0 Å². The van der Waals surface area contributed by atoms with E-state index < -0.39 is 0 Å². The van der Waals surface area contributed by atoms with E-state index in [1.807, 2.05) is 0 Å². The molecule has 2 aromatic rings. The van der Waals surface area contributed by atoms with Gasteiger partial charge in [0, 0.05) is 29.5 Å². The highest BCUT2D eigenvalue weighted by Gasteiger charge is 2.33. The molecule has 0 atom stereocenters. The van der Waals surface area contributed by atoms with Crippen molar-refractivity contribution in [3.05, 3.63) is 99.6 Å². The number of benzene rings is 2. The standard InChI is InChI=1S/C64H102N2/c1-5-8-11-14-17-19-21-23-25-26-27-28-29-31-32-34-36-38-41-44-51-59-52-46-47-55-62(59)64-61(54-45-42-39-37-35-33-30-24-22-20-18-15-12-9-6-2)57(4)63(66(64)65)60-53-48-50-58(56-60)49-43-40-16-13-10-7-3/h45-48,50,52-56H,5-37,39-40,42-44,49,51H2,1-4H3. The first-order valence-corrected chi connectivity index (χ1v) is 28.9. The van der Waals surface area contributed by atoms with Crippen LogP contribution >= 0.6 is 0 Å². The minimum atomic E-state index is 0.846. The van der Waals surface area contributed by atoms with E-state index in [4.69, 9.17) is 0 Å². The van der Waals surface area contributed by atoms with Crippen molar-refractivity contribution in [2.45, 2.75) is 285 Å². The monoisotopic (exact) mass is 899 g/mol. The summed E-state index contributed by atoms with van der Waals surface area (Å²) in [7, 11) is 0. The van der Waals surface area contributed by atoms with Crippen molar-refractivity contribution < 1.29 is 4.70 Å². The Hall–Kier alpha value is -3.18. The molecule has 3 rings (SSSR count). The Labute approximate surface area is 410 Å². The van der Waals surface area contributed by atoms with Gasteiger partial charge >= 0.3 is 0 Å². The average molecular weight is 900 g/mol. The van der Waals surface area contributed by atoms with E-state index in [1.54, 1.807) is 0 Å². The summed E-state index contributed by atoms with van der Waals surface area (Å²) < 4.78 is 1.52. The molecule has 1 aliphatic heterocycles. The van der Waals surface area contributed by atoms with E-state index in [0.717, 1.165) is 65.8 Å². The van der Waals surface area contributed by atoms with E-state index in [-0.39, 0.29) is 0 Å². The van der Waals surface area contributed by atoms with Gasteiger partial charge in [-0.25, -0.2) is 4.70 Å². The normalized spacial score (nSPS) is 12.9. The molecule has 0 spiro atoms. The summed E-state index contributed by atoms with van der Waals surface area (Å²) in [5, 5.41) is 0. The number of allylic oxidation sites excluding steroid dienone is 4. The predicted octanol–water partition coefficient (Wildman–Crippen LogP) is 21.4. The van der Waals surface area contributed by atoms with Crippen LogP contribution in [0.4, 0.5) is 0 Å². The van der Waals surface area contributed by atoms with Gasteiger partial charge in [-0.2, -0.15) is 0 Å². The second-order valence-electron chi connectivity index (χ2n) is 20.3. The van der Waals surface area contributed by atoms with E-state index >= 15 is 0 Å². The molecule has 0 bridgehead atoms. The zero-order valence-electron chi connectivity index (χ0n) is 44.0. The zero-order valence-corrected chi connectivity index (χ0v) is 44.0. The first kappa shape index (κ1) is 57.1. The zero-order chi connectivity index (χ0) is 47.0. The molecule has 1 heterocycles. The Morgan fingerprint density at radius 3 is 1.44 bits per heavy atom. The fraction of sp³-hybridized carbons (Fsp3) is 0.688. The molecule has 0 saturated carbocycles. The lowest BCUT2D eigenvalue weighted by molar-refractivity contribution is -0.345. The Morgan fingerprint density at radius 1 is 0.455 bits per heavy atom. The highest BCUT2D eigenvalue weighted by atomic mass is 15.2. The molecule has 368 valence electrons. The molecule has 0 unspecified atom stereocenters. The third kappa shape index (κ3) is 25.3. The smallest absolute Gasteiger partial charge is 0.215 e. The minimum Gasteiger partial charge on any atom is -0.493 e. The van der Waals surface area contributed by atoms with Gasteiger partial charge in [-0.1, -0.05) is 269 Å². The summed E-state index contributed by atoms with van der Waals surface area (Å²) in [5.74, 6) is 7.03. The van der Waals surface area contributed by atoms with E-state index in [2.05, 4.69) is 100 Å². The molecule has 1 aliphatic rings. The van der Waals surface area contributed by atoms with Crippen LogP contribution in [0.3, 0.4) is 0 Å². The summed E-state index contributed by atoms with van der Waals surface area (Å²) in [4.78, 5) is 0. The van der Waals surface area contributed by atoms with Crippen molar-refractivity contribution in [2.24, 2.45) is 0 Å². The van der Waals surface area contributed by atoms with Crippen molar-refractivity contribution in [3.8, 4) is 11.8 Å². The maximum absolute atomic E-state index is 12.2. The number of nitrogens with zero attached hydrogens (tertiary/aromatic N) is 2. The fourth-order valence-corrected chi connectivity index (χ4v) is 10.1. The molecule has 2 aromatic carbocycles. The van der Waals surface area contributed by atoms with Crippen molar-refractivity contribution in [3.63, 3.8) is 0 Å². The van der Waals surface area contributed by atoms with Crippen LogP contribution in [0.5, 0.6) is 0 Å². The van der Waals surface area contributed by atoms with Gasteiger partial charge in [-0.3, -0.25) is 0 Å². The van der Waals surface area contributed by atoms with Gasteiger partial charge in [0.2, 0.25) is 11.4 Å². The largest absolute Gasteiger partial charge is 0.493 e. The van der Waals surface area contributed by atoms with Crippen molar-refractivity contribution >= 4 is 11.4 Å². The first-order valence-electron chi connectivity index (χ1n) is 28.9. The summed E-state index contributed by atoms with van der Waals surface area (Å²) in [5.41, 5.74) is 21.2. The second-order valence-corrected chi connectivity index (χ2v) is 20.3. The average Bonchev–Trinajstić information content (AvgIpc) is 3.58. The minimum absolute atomic E-state index is 0.846. The Kier molecular flexibility index (Phi) is 34.4. The second kappa shape index (κ2) is 39.8. The van der Waals surface area contributed by atoms with E-state index in [9.17, 15) is 5.53 Å². The molecule has 2 heteroatoms. The summed E-state index contributed by atoms with van der Waals surface area (Å²) >= 11 is 0. The molecular formula is C64H102N2. The number of hydrogen-bond acceptors (Lipinski definition) is 0. The number of rotatable bonds is 42. The SMILES string of the molecule is CCCCCCCCCCCCCCCC=CC1=C(c2ccccc2CCC#CCCCCCCCCCCCCCCCCCC)[N+](=[N-])C(c2cccc(CCCCCCCC)c2)=C1C. The number of aryl methyl sites for hydroxylation is 2. The van der Waals surface area contributed by atoms with E-state index in [1.165, 1.54) is 241 Å². The van der Waals surface area contributed by atoms with Crippen LogP contribution < -0.4 is 0 Å². The van der Waals surface area contributed by atoms with Crippen LogP contribution in [-0.2, 0) is 12.8 Å². The van der Waals surface area contributed by atoms with Crippen molar-refractivity contribution in [2.75, 3.05) is 0 Å². The van der Waals surface area contributed by atoms with E-state index in [0.29, 0.717) is 0 Å². The lowest BCUT2D eigenvalue weighted by atomic mass is 9.95. The lowest BCUT2D eigenvalue weighted by Crippen LogP contribution is -2.05. The van der Waals surface area contributed by atoms with Crippen molar-refractivity contribution in [1.29, 1.82) is 0 Å². The highest BCUT2D eigenvalue weighted by Crippen LogP contribution is 2.42. The van der Waals surface area contributed by atoms with Crippen molar-refractivity contribution in [1.82, 2.24) is 0 Å². The molecule has 0 N–H and O–H groups in total. The van der Waals surface area contributed by atoms with Gasteiger partial charge in [0.05, 0.1) is 5.57 Å². The molecular weight excluding hydrogens is 797 g/mol. The van der Waals surface area contributed by atoms with Gasteiger partial charge in [-0.15, -0.1) is 11.8 Å². The molecule has 0 radical (unpaired) electrons. The van der Waals surface area contributed by atoms with Crippen LogP contribution in [0.25, 0.3) is 16.9 Å². The quantitative estimate of drug-likeness (QED) is 0.0360. The van der Waals surface area contributed by atoms with Gasteiger partial charge in [0.25, 0.3) is 0 Å². The molecule has 0 aromatic heterocycles. The Morgan fingerprint density at radius 2 is 0.909 bits per heavy atom. The topological polar surface area (TPSA) is 25.3 Å². The molecule has 2 nitrogen and oxygen atoms in total. The molecule has 0 fully saturated rings. The van der Waals surface area contributed by atoms with Gasteiger partial charge < -0.3 is 5.53 Å². The van der Waals surface area contributed by atoms with Crippen LogP contribution in [-0.4, -0.2) is 4.70 Å². The van der Waals surface area contributed by atoms with Gasteiger partial charge in [-0.05, 0) is 74.8 Å².